The highest BCUT2D eigenvalue weighted by atomic mass is 19.4. The summed E-state index contributed by atoms with van der Waals surface area (Å²) in [7, 11) is 0. The third-order valence-corrected chi connectivity index (χ3v) is 4.94. The number of hydrogen-bond donors (Lipinski definition) is 1. The van der Waals surface area contributed by atoms with E-state index in [2.05, 4.69) is 5.32 Å². The van der Waals surface area contributed by atoms with Crippen LogP contribution < -0.4 is 5.32 Å². The zero-order valence-electron chi connectivity index (χ0n) is 14.4. The van der Waals surface area contributed by atoms with E-state index in [0.29, 0.717) is 32.6 Å². The lowest BCUT2D eigenvalue weighted by molar-refractivity contribution is -0.137. The highest BCUT2D eigenvalue weighted by Gasteiger charge is 2.32. The first-order valence-corrected chi connectivity index (χ1v) is 8.82. The van der Waals surface area contributed by atoms with Gasteiger partial charge in [-0.1, -0.05) is 6.07 Å². The van der Waals surface area contributed by atoms with Gasteiger partial charge in [-0.05, 0) is 37.6 Å². The number of amides is 2. The molecule has 3 rings (SSSR count). The fourth-order valence-electron chi connectivity index (χ4n) is 3.44. The van der Waals surface area contributed by atoms with Gasteiger partial charge >= 0.3 is 6.18 Å². The molecule has 0 radical (unpaired) electrons. The van der Waals surface area contributed by atoms with Crippen LogP contribution in [0.25, 0.3) is 0 Å². The van der Waals surface area contributed by atoms with Crippen molar-refractivity contribution in [2.45, 2.75) is 31.5 Å². The highest BCUT2D eigenvalue weighted by molar-refractivity contribution is 5.94. The van der Waals surface area contributed by atoms with E-state index in [0.717, 1.165) is 31.5 Å². The summed E-state index contributed by atoms with van der Waals surface area (Å²) in [6.07, 6.45) is -1.94. The Morgan fingerprint density at radius 2 is 1.81 bits per heavy atom. The Morgan fingerprint density at radius 3 is 2.42 bits per heavy atom. The predicted octanol–water partition coefficient (Wildman–Crippen LogP) is 2.13. The van der Waals surface area contributed by atoms with Gasteiger partial charge in [0.05, 0.1) is 5.56 Å². The second-order valence-corrected chi connectivity index (χ2v) is 6.75. The van der Waals surface area contributed by atoms with E-state index < -0.39 is 17.6 Å². The molecule has 2 saturated heterocycles. The van der Waals surface area contributed by atoms with Gasteiger partial charge in [0.2, 0.25) is 5.91 Å². The number of halogens is 3. The number of nitrogens with zero attached hydrogens (tertiary/aromatic N) is 2. The van der Waals surface area contributed by atoms with E-state index in [9.17, 15) is 22.8 Å². The van der Waals surface area contributed by atoms with Crippen molar-refractivity contribution in [3.8, 4) is 0 Å². The second kappa shape index (κ2) is 7.65. The van der Waals surface area contributed by atoms with Crippen LogP contribution in [-0.2, 0) is 11.0 Å². The third-order valence-electron chi connectivity index (χ3n) is 4.94. The SMILES string of the molecule is O=C(CC1CCCN1)N1CCN(C(=O)c2cccc(C(F)(F)F)c2)CC1. The second-order valence-electron chi connectivity index (χ2n) is 6.75. The zero-order valence-corrected chi connectivity index (χ0v) is 14.4. The lowest BCUT2D eigenvalue weighted by Crippen LogP contribution is -2.51. The minimum Gasteiger partial charge on any atom is -0.339 e. The smallest absolute Gasteiger partial charge is 0.339 e. The molecule has 2 heterocycles. The van der Waals surface area contributed by atoms with Gasteiger partial charge in [-0.25, -0.2) is 0 Å². The molecular formula is C18H22F3N3O2. The van der Waals surface area contributed by atoms with Crippen LogP contribution in [0.5, 0.6) is 0 Å². The van der Waals surface area contributed by atoms with Crippen molar-refractivity contribution in [1.82, 2.24) is 15.1 Å². The number of nitrogens with one attached hydrogen (secondary N) is 1. The zero-order chi connectivity index (χ0) is 18.7. The van der Waals surface area contributed by atoms with Crippen molar-refractivity contribution >= 4 is 11.8 Å². The van der Waals surface area contributed by atoms with Crippen molar-refractivity contribution in [2.24, 2.45) is 0 Å². The first kappa shape index (κ1) is 18.7. The number of carbonyl (C=O) groups excluding carboxylic acids is 2. The van der Waals surface area contributed by atoms with Crippen LogP contribution in [0, 0.1) is 0 Å². The molecule has 2 amide bonds. The van der Waals surface area contributed by atoms with E-state index >= 15 is 0 Å². The van der Waals surface area contributed by atoms with E-state index in [1.165, 1.54) is 17.0 Å². The number of benzene rings is 1. The number of carbonyl (C=O) groups is 2. The predicted molar refractivity (Wildman–Crippen MR) is 89.6 cm³/mol. The molecule has 0 bridgehead atoms. The molecule has 8 heteroatoms. The molecule has 1 aromatic carbocycles. The van der Waals surface area contributed by atoms with Crippen molar-refractivity contribution in [2.75, 3.05) is 32.7 Å². The maximum Gasteiger partial charge on any atom is 0.416 e. The van der Waals surface area contributed by atoms with Crippen LogP contribution in [0.15, 0.2) is 24.3 Å². The lowest BCUT2D eigenvalue weighted by atomic mass is 10.1. The van der Waals surface area contributed by atoms with Crippen molar-refractivity contribution < 1.29 is 22.8 Å². The average molecular weight is 369 g/mol. The van der Waals surface area contributed by atoms with Gasteiger partial charge in [-0.2, -0.15) is 13.2 Å². The van der Waals surface area contributed by atoms with Gasteiger partial charge < -0.3 is 15.1 Å². The summed E-state index contributed by atoms with van der Waals surface area (Å²) in [5.41, 5.74) is -0.809. The average Bonchev–Trinajstić information content (AvgIpc) is 3.13. The van der Waals surface area contributed by atoms with Gasteiger partial charge in [0.15, 0.2) is 0 Å². The van der Waals surface area contributed by atoms with Crippen molar-refractivity contribution in [3.63, 3.8) is 0 Å². The highest BCUT2D eigenvalue weighted by Crippen LogP contribution is 2.29. The Balaban J connectivity index is 1.56. The monoisotopic (exact) mass is 369 g/mol. The molecule has 142 valence electrons. The Kier molecular flexibility index (Phi) is 5.50. The summed E-state index contributed by atoms with van der Waals surface area (Å²) in [6, 6.07) is 4.69. The molecule has 1 aromatic rings. The number of piperazine rings is 1. The standard InChI is InChI=1S/C18H22F3N3O2/c19-18(20,21)14-4-1-3-13(11-14)17(26)24-9-7-23(8-10-24)16(25)12-15-5-2-6-22-15/h1,3-4,11,15,22H,2,5-10,12H2. The maximum absolute atomic E-state index is 12.8. The normalized spacial score (nSPS) is 21.1. The summed E-state index contributed by atoms with van der Waals surface area (Å²) < 4.78 is 38.4. The minimum atomic E-state index is -4.48. The van der Waals surface area contributed by atoms with Crippen LogP contribution in [-0.4, -0.2) is 60.4 Å². The maximum atomic E-state index is 12.8. The molecular weight excluding hydrogens is 347 g/mol. The molecule has 26 heavy (non-hydrogen) atoms. The van der Waals surface area contributed by atoms with E-state index in [1.807, 2.05) is 0 Å². The molecule has 0 aliphatic carbocycles. The van der Waals surface area contributed by atoms with E-state index in [4.69, 9.17) is 0 Å². The Bertz CT molecular complexity index is 664. The first-order chi connectivity index (χ1) is 12.3. The molecule has 1 atom stereocenters. The number of hydrogen-bond acceptors (Lipinski definition) is 3. The molecule has 2 aliphatic heterocycles. The van der Waals surface area contributed by atoms with Gasteiger partial charge in [-0.3, -0.25) is 9.59 Å². The summed E-state index contributed by atoms with van der Waals surface area (Å²) in [6.45, 7) is 2.43. The number of rotatable bonds is 3. The molecule has 0 saturated carbocycles. The minimum absolute atomic E-state index is 0.0229. The van der Waals surface area contributed by atoms with E-state index in [1.54, 1.807) is 4.90 Å². The number of alkyl halides is 3. The van der Waals surface area contributed by atoms with Crippen LogP contribution in [0.3, 0.4) is 0 Å². The molecule has 2 aliphatic rings. The molecule has 1 N–H and O–H groups in total. The fourth-order valence-corrected chi connectivity index (χ4v) is 3.44. The van der Waals surface area contributed by atoms with Crippen LogP contribution in [0.2, 0.25) is 0 Å². The Morgan fingerprint density at radius 1 is 1.12 bits per heavy atom. The van der Waals surface area contributed by atoms with Crippen molar-refractivity contribution in [3.05, 3.63) is 35.4 Å². The summed E-state index contributed by atoms with van der Waals surface area (Å²) in [4.78, 5) is 28.0. The summed E-state index contributed by atoms with van der Waals surface area (Å²) >= 11 is 0. The molecule has 1 unspecified atom stereocenters. The van der Waals surface area contributed by atoms with E-state index in [-0.39, 0.29) is 17.5 Å². The molecule has 5 nitrogen and oxygen atoms in total. The van der Waals surface area contributed by atoms with Crippen LogP contribution >= 0.6 is 0 Å². The molecule has 0 aromatic heterocycles. The first-order valence-electron chi connectivity index (χ1n) is 8.82. The summed E-state index contributed by atoms with van der Waals surface area (Å²) in [5.74, 6) is -0.365. The Hall–Kier alpha value is -2.09. The van der Waals surface area contributed by atoms with Crippen LogP contribution in [0.1, 0.15) is 35.2 Å². The Labute approximate surface area is 150 Å². The van der Waals surface area contributed by atoms with Gasteiger partial charge in [-0.15, -0.1) is 0 Å². The lowest BCUT2D eigenvalue weighted by Gasteiger charge is -2.35. The van der Waals surface area contributed by atoms with Crippen LogP contribution in [0.4, 0.5) is 13.2 Å². The molecule has 0 spiro atoms. The largest absolute Gasteiger partial charge is 0.416 e. The van der Waals surface area contributed by atoms with Crippen molar-refractivity contribution in [1.29, 1.82) is 0 Å². The van der Waals surface area contributed by atoms with Gasteiger partial charge in [0.25, 0.3) is 5.91 Å². The topological polar surface area (TPSA) is 52.7 Å². The fraction of sp³-hybridized carbons (Fsp3) is 0.556. The molecule has 2 fully saturated rings. The third kappa shape index (κ3) is 4.35. The van der Waals surface area contributed by atoms with Gasteiger partial charge in [0.1, 0.15) is 0 Å². The van der Waals surface area contributed by atoms with Gasteiger partial charge in [0, 0.05) is 44.2 Å². The summed E-state index contributed by atoms with van der Waals surface area (Å²) in [5, 5.41) is 3.29. The quantitative estimate of drug-likeness (QED) is 0.888.